The lowest BCUT2D eigenvalue weighted by Crippen LogP contribution is -2.34. The number of alkyl halides is 2. The van der Waals surface area contributed by atoms with Crippen LogP contribution in [0.15, 0.2) is 0 Å². The smallest absolute Gasteiger partial charge is 0.248 e. The topological polar surface area (TPSA) is 46.2 Å². The Balaban J connectivity index is 2.45. The standard InChI is InChI=1S/C10H19F2NO2S/c1-13-7-2-8-16(14,15)9-3-5-10(11,12)6-4-9/h9,13H,2-8H2,1H3. The molecule has 0 aliphatic heterocycles. The maximum Gasteiger partial charge on any atom is 0.248 e. The van der Waals surface area contributed by atoms with Gasteiger partial charge in [0, 0.05) is 12.8 Å². The lowest BCUT2D eigenvalue weighted by molar-refractivity contribution is -0.0328. The van der Waals surface area contributed by atoms with Gasteiger partial charge in [-0.2, -0.15) is 0 Å². The minimum atomic E-state index is -3.18. The average molecular weight is 255 g/mol. The molecule has 1 rings (SSSR count). The molecule has 0 aromatic rings. The third-order valence-electron chi connectivity index (χ3n) is 3.03. The van der Waals surface area contributed by atoms with E-state index in [9.17, 15) is 17.2 Å². The summed E-state index contributed by atoms with van der Waals surface area (Å²) in [5, 5.41) is 2.32. The van der Waals surface area contributed by atoms with Crippen molar-refractivity contribution in [1.82, 2.24) is 5.32 Å². The highest BCUT2D eigenvalue weighted by molar-refractivity contribution is 7.92. The van der Waals surface area contributed by atoms with Gasteiger partial charge in [0.1, 0.15) is 0 Å². The molecule has 1 saturated carbocycles. The zero-order chi connectivity index (χ0) is 12.2. The molecule has 3 nitrogen and oxygen atoms in total. The van der Waals surface area contributed by atoms with Gasteiger partial charge >= 0.3 is 0 Å². The van der Waals surface area contributed by atoms with Crippen LogP contribution in [-0.4, -0.2) is 38.9 Å². The van der Waals surface area contributed by atoms with Gasteiger partial charge in [-0.15, -0.1) is 0 Å². The first-order chi connectivity index (χ1) is 7.37. The van der Waals surface area contributed by atoms with Crippen LogP contribution in [0, 0.1) is 0 Å². The van der Waals surface area contributed by atoms with E-state index in [1.54, 1.807) is 7.05 Å². The summed E-state index contributed by atoms with van der Waals surface area (Å²) < 4.78 is 49.3. The monoisotopic (exact) mass is 255 g/mol. The SMILES string of the molecule is CNCCCS(=O)(=O)C1CCC(F)(F)CC1. The van der Waals surface area contributed by atoms with Gasteiger partial charge in [0.05, 0.1) is 11.0 Å². The summed E-state index contributed by atoms with van der Waals surface area (Å²) in [5.74, 6) is -2.55. The van der Waals surface area contributed by atoms with E-state index >= 15 is 0 Å². The summed E-state index contributed by atoms with van der Waals surface area (Å²) in [5.41, 5.74) is 0. The molecule has 0 aromatic carbocycles. The van der Waals surface area contributed by atoms with Crippen LogP contribution >= 0.6 is 0 Å². The normalized spacial score (nSPS) is 22.2. The number of hydrogen-bond donors (Lipinski definition) is 1. The Morgan fingerprint density at radius 1 is 1.31 bits per heavy atom. The Bertz CT molecular complexity index is 307. The molecule has 1 aliphatic rings. The second-order valence-corrected chi connectivity index (χ2v) is 6.78. The molecule has 16 heavy (non-hydrogen) atoms. The molecule has 0 unspecified atom stereocenters. The van der Waals surface area contributed by atoms with Gasteiger partial charge in [0.2, 0.25) is 5.92 Å². The minimum Gasteiger partial charge on any atom is -0.320 e. The molecule has 1 aliphatic carbocycles. The van der Waals surface area contributed by atoms with Gasteiger partial charge < -0.3 is 5.32 Å². The lowest BCUT2D eigenvalue weighted by atomic mass is 9.96. The zero-order valence-electron chi connectivity index (χ0n) is 9.51. The summed E-state index contributed by atoms with van der Waals surface area (Å²) in [6, 6.07) is 0. The first-order valence-electron chi connectivity index (χ1n) is 5.61. The van der Waals surface area contributed by atoms with E-state index in [1.165, 1.54) is 0 Å². The molecule has 1 fully saturated rings. The zero-order valence-corrected chi connectivity index (χ0v) is 10.3. The number of hydrogen-bond acceptors (Lipinski definition) is 3. The number of nitrogens with one attached hydrogen (secondary N) is 1. The fourth-order valence-corrected chi connectivity index (χ4v) is 3.82. The molecule has 96 valence electrons. The van der Waals surface area contributed by atoms with Crippen molar-refractivity contribution in [3.05, 3.63) is 0 Å². The predicted molar refractivity (Wildman–Crippen MR) is 59.5 cm³/mol. The highest BCUT2D eigenvalue weighted by Crippen LogP contribution is 2.35. The van der Waals surface area contributed by atoms with E-state index in [0.717, 1.165) is 0 Å². The highest BCUT2D eigenvalue weighted by atomic mass is 32.2. The Morgan fingerprint density at radius 2 is 1.88 bits per heavy atom. The molecule has 0 amide bonds. The van der Waals surface area contributed by atoms with Gasteiger partial charge in [0.25, 0.3) is 0 Å². The minimum absolute atomic E-state index is 0.101. The molecule has 0 saturated heterocycles. The van der Waals surface area contributed by atoms with Crippen LogP contribution in [0.1, 0.15) is 32.1 Å². The highest BCUT2D eigenvalue weighted by Gasteiger charge is 2.39. The van der Waals surface area contributed by atoms with Gasteiger partial charge in [0.15, 0.2) is 9.84 Å². The van der Waals surface area contributed by atoms with E-state index in [4.69, 9.17) is 0 Å². The molecule has 0 heterocycles. The third-order valence-corrected chi connectivity index (χ3v) is 5.37. The summed E-state index contributed by atoms with van der Waals surface area (Å²) in [6.45, 7) is 0.641. The molecule has 1 N–H and O–H groups in total. The van der Waals surface area contributed by atoms with Crippen LogP contribution in [0.4, 0.5) is 8.78 Å². The van der Waals surface area contributed by atoms with Crippen LogP contribution in [0.3, 0.4) is 0 Å². The van der Waals surface area contributed by atoms with Crippen LogP contribution in [0.5, 0.6) is 0 Å². The van der Waals surface area contributed by atoms with E-state index in [-0.39, 0.29) is 31.4 Å². The van der Waals surface area contributed by atoms with Crippen molar-refractivity contribution in [2.45, 2.75) is 43.3 Å². The lowest BCUT2D eigenvalue weighted by Gasteiger charge is -2.27. The summed E-state index contributed by atoms with van der Waals surface area (Å²) in [4.78, 5) is 0. The number of sulfone groups is 1. The van der Waals surface area contributed by atoms with Crippen molar-refractivity contribution >= 4 is 9.84 Å². The van der Waals surface area contributed by atoms with Gasteiger partial charge in [-0.25, -0.2) is 17.2 Å². The summed E-state index contributed by atoms with van der Waals surface area (Å²) in [6.07, 6.45) is 0.182. The maximum atomic E-state index is 12.9. The predicted octanol–water partition coefficient (Wildman–Crippen LogP) is 1.59. The van der Waals surface area contributed by atoms with E-state index < -0.39 is 21.0 Å². The van der Waals surface area contributed by atoms with E-state index in [2.05, 4.69) is 5.32 Å². The first kappa shape index (κ1) is 13.8. The van der Waals surface area contributed by atoms with Crippen molar-refractivity contribution in [2.75, 3.05) is 19.3 Å². The van der Waals surface area contributed by atoms with E-state index in [0.29, 0.717) is 13.0 Å². The van der Waals surface area contributed by atoms with Crippen molar-refractivity contribution in [3.8, 4) is 0 Å². The van der Waals surface area contributed by atoms with Crippen molar-refractivity contribution in [3.63, 3.8) is 0 Å². The Kier molecular flexibility index (Phi) is 4.67. The fourth-order valence-electron chi connectivity index (χ4n) is 1.99. The van der Waals surface area contributed by atoms with Crippen molar-refractivity contribution in [2.24, 2.45) is 0 Å². The Hall–Kier alpha value is -0.230. The first-order valence-corrected chi connectivity index (χ1v) is 7.33. The van der Waals surface area contributed by atoms with Crippen LogP contribution in [-0.2, 0) is 9.84 Å². The van der Waals surface area contributed by atoms with Crippen LogP contribution in [0.25, 0.3) is 0 Å². The molecule has 0 aromatic heterocycles. The fraction of sp³-hybridized carbons (Fsp3) is 1.00. The Morgan fingerprint density at radius 3 is 2.38 bits per heavy atom. The van der Waals surface area contributed by atoms with Gasteiger partial charge in [-0.1, -0.05) is 0 Å². The van der Waals surface area contributed by atoms with Crippen LogP contribution in [0.2, 0.25) is 0 Å². The molecule has 0 atom stereocenters. The van der Waals surface area contributed by atoms with Crippen molar-refractivity contribution in [1.29, 1.82) is 0 Å². The van der Waals surface area contributed by atoms with Gasteiger partial charge in [-0.3, -0.25) is 0 Å². The summed E-state index contributed by atoms with van der Waals surface area (Å²) >= 11 is 0. The van der Waals surface area contributed by atoms with Gasteiger partial charge in [-0.05, 0) is 32.9 Å². The van der Waals surface area contributed by atoms with E-state index in [1.807, 2.05) is 0 Å². The quantitative estimate of drug-likeness (QED) is 0.759. The largest absolute Gasteiger partial charge is 0.320 e. The molecular weight excluding hydrogens is 236 g/mol. The number of halogens is 2. The number of rotatable bonds is 5. The second-order valence-electron chi connectivity index (χ2n) is 4.38. The average Bonchev–Trinajstić information content (AvgIpc) is 2.17. The molecule has 0 spiro atoms. The molecule has 0 radical (unpaired) electrons. The molecular formula is C10H19F2NO2S. The maximum absolute atomic E-state index is 12.9. The van der Waals surface area contributed by atoms with Crippen molar-refractivity contribution < 1.29 is 17.2 Å². The molecule has 6 heteroatoms. The summed E-state index contributed by atoms with van der Waals surface area (Å²) in [7, 11) is -1.42. The third kappa shape index (κ3) is 3.97. The van der Waals surface area contributed by atoms with Crippen LogP contribution < -0.4 is 5.32 Å². The molecule has 0 bridgehead atoms. The Labute approximate surface area is 95.5 Å². The second kappa shape index (κ2) is 5.40.